The van der Waals surface area contributed by atoms with Crippen LogP contribution >= 0.6 is 27.3 Å². The number of aliphatic hydroxyl groups is 1. The van der Waals surface area contributed by atoms with Crippen LogP contribution in [-0.4, -0.2) is 36.0 Å². The van der Waals surface area contributed by atoms with Crippen LogP contribution < -0.4 is 14.4 Å². The first-order chi connectivity index (χ1) is 16.9. The quantitative estimate of drug-likeness (QED) is 0.195. The molecule has 1 aliphatic heterocycles. The van der Waals surface area contributed by atoms with Crippen molar-refractivity contribution >= 4 is 60.1 Å². The Morgan fingerprint density at radius 1 is 1.00 bits per heavy atom. The Morgan fingerprint density at radius 3 is 2.49 bits per heavy atom. The third-order valence-corrected chi connectivity index (χ3v) is 7.25. The molecular weight excluding hydrogens is 532 g/mol. The van der Waals surface area contributed by atoms with Gasteiger partial charge in [0.15, 0.2) is 5.13 Å². The zero-order chi connectivity index (χ0) is 24.7. The molecule has 0 radical (unpaired) electrons. The summed E-state index contributed by atoms with van der Waals surface area (Å²) in [5.41, 5.74) is 1.68. The molecule has 3 aromatic carbocycles. The van der Waals surface area contributed by atoms with Crippen molar-refractivity contribution in [2.24, 2.45) is 0 Å². The van der Waals surface area contributed by atoms with Crippen LogP contribution in [0.2, 0.25) is 0 Å². The Hall–Kier alpha value is -3.69. The van der Waals surface area contributed by atoms with E-state index in [9.17, 15) is 14.7 Å². The molecule has 0 bridgehead atoms. The first-order valence-electron chi connectivity index (χ1n) is 10.6. The van der Waals surface area contributed by atoms with Gasteiger partial charge in [-0.05, 0) is 48.0 Å². The van der Waals surface area contributed by atoms with E-state index in [-0.39, 0.29) is 11.3 Å². The molecule has 0 spiro atoms. The van der Waals surface area contributed by atoms with Crippen molar-refractivity contribution in [1.29, 1.82) is 0 Å². The molecular formula is C26H19BrN2O5S. The van der Waals surface area contributed by atoms with Crippen LogP contribution in [0.25, 0.3) is 16.0 Å². The minimum atomic E-state index is -0.874. The number of hydrogen-bond donors (Lipinski definition) is 1. The molecule has 1 amide bonds. The highest BCUT2D eigenvalue weighted by Gasteiger charge is 2.48. The summed E-state index contributed by atoms with van der Waals surface area (Å²) in [5, 5.41) is 11.6. The van der Waals surface area contributed by atoms with E-state index in [1.165, 1.54) is 23.3 Å². The van der Waals surface area contributed by atoms with E-state index < -0.39 is 17.7 Å². The molecule has 9 heteroatoms. The number of carbonyl (C=O) groups excluding carboxylic acids is 2. The summed E-state index contributed by atoms with van der Waals surface area (Å²) in [6, 6.07) is 18.5. The molecule has 176 valence electrons. The molecule has 1 fully saturated rings. The third-order valence-electron chi connectivity index (χ3n) is 5.74. The number of fused-ring (bicyclic) bond motifs is 1. The number of rotatable bonds is 5. The maximum Gasteiger partial charge on any atom is 0.301 e. The minimum absolute atomic E-state index is 0.0156. The molecule has 1 aliphatic rings. The van der Waals surface area contributed by atoms with Gasteiger partial charge in [0.2, 0.25) is 0 Å². The van der Waals surface area contributed by atoms with Crippen molar-refractivity contribution in [2.45, 2.75) is 6.04 Å². The lowest BCUT2D eigenvalue weighted by atomic mass is 9.95. The van der Waals surface area contributed by atoms with E-state index in [1.54, 1.807) is 43.5 Å². The topological polar surface area (TPSA) is 89.0 Å². The maximum atomic E-state index is 13.4. The van der Waals surface area contributed by atoms with Gasteiger partial charge in [-0.25, -0.2) is 4.98 Å². The largest absolute Gasteiger partial charge is 0.507 e. The average Bonchev–Trinajstić information content (AvgIpc) is 3.41. The number of aliphatic hydroxyl groups excluding tert-OH is 1. The number of halogens is 1. The van der Waals surface area contributed by atoms with Crippen molar-refractivity contribution in [3.8, 4) is 11.5 Å². The van der Waals surface area contributed by atoms with E-state index in [0.717, 1.165) is 9.17 Å². The molecule has 1 N–H and O–H groups in total. The summed E-state index contributed by atoms with van der Waals surface area (Å²) < 4.78 is 12.2. The minimum Gasteiger partial charge on any atom is -0.507 e. The zero-order valence-electron chi connectivity index (χ0n) is 18.7. The summed E-state index contributed by atoms with van der Waals surface area (Å²) in [4.78, 5) is 32.7. The van der Waals surface area contributed by atoms with Gasteiger partial charge in [-0.3, -0.25) is 14.5 Å². The number of ketones is 1. The molecule has 35 heavy (non-hydrogen) atoms. The fraction of sp³-hybridized carbons (Fsp3) is 0.115. The number of nitrogens with zero attached hydrogens (tertiary/aromatic N) is 2. The third kappa shape index (κ3) is 4.06. The highest BCUT2D eigenvalue weighted by atomic mass is 79.9. The highest BCUT2D eigenvalue weighted by Crippen LogP contribution is 2.45. The first-order valence-corrected chi connectivity index (χ1v) is 12.2. The SMILES string of the molecule is COc1cccc(/C(O)=C2\C(=O)C(=O)N(c3nc4ccc(OC)cc4s3)C2c2cccc(Br)c2)c1. The lowest BCUT2D eigenvalue weighted by molar-refractivity contribution is -0.132. The normalized spacial score (nSPS) is 17.2. The van der Waals surface area contributed by atoms with E-state index >= 15 is 0 Å². The predicted octanol–water partition coefficient (Wildman–Crippen LogP) is 5.70. The number of thiazole rings is 1. The van der Waals surface area contributed by atoms with Crippen LogP contribution in [0.15, 0.2) is 76.8 Å². The summed E-state index contributed by atoms with van der Waals surface area (Å²) in [5.74, 6) is -0.645. The maximum absolute atomic E-state index is 13.4. The second kappa shape index (κ2) is 9.16. The number of amides is 1. The predicted molar refractivity (Wildman–Crippen MR) is 138 cm³/mol. The molecule has 2 heterocycles. The molecule has 1 unspecified atom stereocenters. The standard InChI is InChI=1S/C26H19BrN2O5S/c1-33-17-8-4-6-15(12-17)23(30)21-22(14-5-3-7-16(27)11-14)29(25(32)24(21)31)26-28-19-10-9-18(34-2)13-20(19)35-26/h3-13,22,30H,1-2H3/b23-21+. The Bertz CT molecular complexity index is 1510. The van der Waals surface area contributed by atoms with Crippen molar-refractivity contribution < 1.29 is 24.2 Å². The van der Waals surface area contributed by atoms with Crippen LogP contribution in [0.4, 0.5) is 5.13 Å². The van der Waals surface area contributed by atoms with Crippen LogP contribution in [0.3, 0.4) is 0 Å². The molecule has 5 rings (SSSR count). The number of benzene rings is 3. The van der Waals surface area contributed by atoms with E-state index in [2.05, 4.69) is 20.9 Å². The van der Waals surface area contributed by atoms with Gasteiger partial charge in [0, 0.05) is 10.0 Å². The molecule has 1 saturated heterocycles. The number of aromatic nitrogens is 1. The summed E-state index contributed by atoms with van der Waals surface area (Å²) in [6.45, 7) is 0. The van der Waals surface area contributed by atoms with Crippen molar-refractivity contribution in [3.05, 3.63) is 87.9 Å². The average molecular weight is 551 g/mol. The lowest BCUT2D eigenvalue weighted by Gasteiger charge is -2.23. The number of hydrogen-bond acceptors (Lipinski definition) is 7. The fourth-order valence-electron chi connectivity index (χ4n) is 4.07. The van der Waals surface area contributed by atoms with Crippen LogP contribution in [0.5, 0.6) is 11.5 Å². The Morgan fingerprint density at radius 2 is 1.74 bits per heavy atom. The van der Waals surface area contributed by atoms with Crippen molar-refractivity contribution in [3.63, 3.8) is 0 Å². The number of methoxy groups -OCH3 is 2. The van der Waals surface area contributed by atoms with Crippen LogP contribution in [-0.2, 0) is 9.59 Å². The Balaban J connectivity index is 1.72. The number of ether oxygens (including phenoxy) is 2. The highest BCUT2D eigenvalue weighted by molar-refractivity contribution is 9.10. The summed E-state index contributed by atoms with van der Waals surface area (Å²) in [7, 11) is 3.09. The summed E-state index contributed by atoms with van der Waals surface area (Å²) >= 11 is 4.74. The van der Waals surface area contributed by atoms with Gasteiger partial charge in [0.05, 0.1) is 36.1 Å². The number of anilines is 1. The second-order valence-electron chi connectivity index (χ2n) is 7.79. The van der Waals surface area contributed by atoms with Gasteiger partial charge in [-0.1, -0.05) is 51.5 Å². The Kier molecular flexibility index (Phi) is 6.04. The van der Waals surface area contributed by atoms with Gasteiger partial charge in [0.25, 0.3) is 5.78 Å². The molecule has 1 atom stereocenters. The molecule has 0 saturated carbocycles. The molecule has 7 nitrogen and oxygen atoms in total. The smallest absolute Gasteiger partial charge is 0.301 e. The lowest BCUT2D eigenvalue weighted by Crippen LogP contribution is -2.29. The van der Waals surface area contributed by atoms with Crippen molar-refractivity contribution in [1.82, 2.24) is 4.98 Å². The monoisotopic (exact) mass is 550 g/mol. The van der Waals surface area contributed by atoms with Gasteiger partial charge in [0.1, 0.15) is 17.3 Å². The van der Waals surface area contributed by atoms with E-state index in [4.69, 9.17) is 9.47 Å². The van der Waals surface area contributed by atoms with Gasteiger partial charge >= 0.3 is 5.91 Å². The molecule has 0 aliphatic carbocycles. The molecule has 4 aromatic rings. The van der Waals surface area contributed by atoms with Gasteiger partial charge in [-0.2, -0.15) is 0 Å². The number of carbonyl (C=O) groups is 2. The first kappa shape index (κ1) is 23.1. The fourth-order valence-corrected chi connectivity index (χ4v) is 5.51. The number of Topliss-reactive ketones (excluding diaryl/α,β-unsaturated/α-hetero) is 1. The van der Waals surface area contributed by atoms with Gasteiger partial charge < -0.3 is 14.6 Å². The van der Waals surface area contributed by atoms with Crippen LogP contribution in [0.1, 0.15) is 17.2 Å². The zero-order valence-corrected chi connectivity index (χ0v) is 21.1. The van der Waals surface area contributed by atoms with E-state index in [0.29, 0.717) is 33.3 Å². The van der Waals surface area contributed by atoms with E-state index in [1.807, 2.05) is 30.3 Å². The molecule has 1 aromatic heterocycles. The van der Waals surface area contributed by atoms with Crippen LogP contribution in [0, 0.1) is 0 Å². The Labute approximate surface area is 213 Å². The second-order valence-corrected chi connectivity index (χ2v) is 9.71. The summed E-state index contributed by atoms with van der Waals surface area (Å²) in [6.07, 6.45) is 0. The van der Waals surface area contributed by atoms with Crippen molar-refractivity contribution in [2.75, 3.05) is 19.1 Å². The van der Waals surface area contributed by atoms with Gasteiger partial charge in [-0.15, -0.1) is 0 Å².